The Morgan fingerprint density at radius 1 is 0.872 bits per heavy atom. The largest absolute Gasteiger partial charge is 0.481 e. The molecule has 0 aromatic heterocycles. The van der Waals surface area contributed by atoms with E-state index in [1.54, 1.807) is 13.8 Å². The minimum absolute atomic E-state index is 0.0810. The molecule has 0 radical (unpaired) electrons. The average Bonchev–Trinajstić information content (AvgIpc) is 3.75. The van der Waals surface area contributed by atoms with Crippen molar-refractivity contribution in [3.63, 3.8) is 0 Å². The Bertz CT molecular complexity index is 1250. The molecule has 0 heterocycles. The standard InChI is InChI=1S/C42H69NO4/c1-27(2)29-16-22-42(19-11-25-43(10)28-12-13-28)24-23-40(8)30(35(29)42)14-15-32-39(7)20-18-33(47-34(44)26-37(3,4)36(45)46)38(5,6)31(39)17-21-41(32,40)9/h28-33,35H,1,11-26H2,2-10H3,(H,45,46)/t29-,30+,31-,32+,33-,35+,39-,40+,41+,42+/m0/s1. The smallest absolute Gasteiger partial charge is 0.309 e. The van der Waals surface area contributed by atoms with Crippen molar-refractivity contribution in [3.8, 4) is 0 Å². The third kappa shape index (κ3) is 5.58. The first-order valence-electron chi connectivity index (χ1n) is 19.6. The molecule has 47 heavy (non-hydrogen) atoms. The average molecular weight is 652 g/mol. The van der Waals surface area contributed by atoms with Crippen LogP contribution in [-0.2, 0) is 14.3 Å². The van der Waals surface area contributed by atoms with E-state index in [4.69, 9.17) is 4.74 Å². The van der Waals surface area contributed by atoms with Crippen molar-refractivity contribution in [1.29, 1.82) is 0 Å². The summed E-state index contributed by atoms with van der Waals surface area (Å²) in [5.74, 6) is 2.12. The van der Waals surface area contributed by atoms with Gasteiger partial charge in [-0.1, -0.05) is 46.8 Å². The summed E-state index contributed by atoms with van der Waals surface area (Å²) in [5.41, 5.74) is 1.57. The number of allylic oxidation sites excluding steroid dienone is 1. The van der Waals surface area contributed by atoms with Crippen LogP contribution in [0.1, 0.15) is 152 Å². The predicted molar refractivity (Wildman–Crippen MR) is 190 cm³/mol. The zero-order chi connectivity index (χ0) is 34.4. The van der Waals surface area contributed by atoms with Crippen LogP contribution in [0, 0.1) is 62.1 Å². The Balaban J connectivity index is 1.22. The van der Waals surface area contributed by atoms with Crippen molar-refractivity contribution < 1.29 is 19.4 Å². The topological polar surface area (TPSA) is 66.8 Å². The minimum atomic E-state index is -1.11. The van der Waals surface area contributed by atoms with Crippen LogP contribution in [0.15, 0.2) is 12.2 Å². The van der Waals surface area contributed by atoms with Gasteiger partial charge in [0, 0.05) is 11.5 Å². The predicted octanol–water partition coefficient (Wildman–Crippen LogP) is 9.93. The number of hydrogen-bond donors (Lipinski definition) is 1. The minimum Gasteiger partial charge on any atom is -0.481 e. The molecule has 0 unspecified atom stereocenters. The van der Waals surface area contributed by atoms with E-state index in [1.807, 2.05) is 0 Å². The molecule has 0 aliphatic heterocycles. The van der Waals surface area contributed by atoms with Gasteiger partial charge in [0.05, 0.1) is 11.8 Å². The van der Waals surface area contributed by atoms with Gasteiger partial charge in [-0.3, -0.25) is 9.59 Å². The van der Waals surface area contributed by atoms with Gasteiger partial charge in [-0.2, -0.15) is 0 Å². The van der Waals surface area contributed by atoms with E-state index in [1.165, 1.54) is 89.2 Å². The lowest BCUT2D eigenvalue weighted by Crippen LogP contribution is -2.66. The zero-order valence-electron chi connectivity index (χ0n) is 31.7. The Morgan fingerprint density at radius 2 is 1.57 bits per heavy atom. The summed E-state index contributed by atoms with van der Waals surface area (Å²) in [5, 5.41) is 9.59. The normalized spacial score (nSPS) is 44.1. The quantitative estimate of drug-likeness (QED) is 0.188. The number of rotatable bonds is 10. The molecule has 6 aliphatic carbocycles. The molecule has 10 atom stereocenters. The molecular weight excluding hydrogens is 582 g/mol. The van der Waals surface area contributed by atoms with Gasteiger partial charge in [0.1, 0.15) is 6.10 Å². The van der Waals surface area contributed by atoms with E-state index in [-0.39, 0.29) is 29.3 Å². The van der Waals surface area contributed by atoms with Crippen LogP contribution in [0.4, 0.5) is 0 Å². The highest BCUT2D eigenvalue weighted by Crippen LogP contribution is 2.78. The Hall–Kier alpha value is -1.36. The summed E-state index contributed by atoms with van der Waals surface area (Å²) in [6.45, 7) is 24.2. The van der Waals surface area contributed by atoms with Crippen LogP contribution in [0.25, 0.3) is 0 Å². The molecule has 0 spiro atoms. The molecule has 0 aromatic carbocycles. The maximum Gasteiger partial charge on any atom is 0.309 e. The monoisotopic (exact) mass is 652 g/mol. The van der Waals surface area contributed by atoms with Gasteiger partial charge in [-0.15, -0.1) is 0 Å². The first-order chi connectivity index (χ1) is 21.8. The SMILES string of the molecule is C=C(C)[C@@H]1CC[C@]2(CCCN(C)C3CC3)CC[C@]3(C)[C@H](CC[C@@H]4[C@@]5(C)CC[C@H](OC(=O)CC(C)(C)C(=O)O)C(C)(C)[C@@H]5CC[C@]43C)[C@@H]12. The molecule has 266 valence electrons. The van der Waals surface area contributed by atoms with Crippen molar-refractivity contribution in [3.05, 3.63) is 12.2 Å². The number of ether oxygens (including phenoxy) is 1. The van der Waals surface area contributed by atoms with Gasteiger partial charge in [0.15, 0.2) is 0 Å². The lowest BCUT2D eigenvalue weighted by atomic mass is 9.32. The first-order valence-corrected chi connectivity index (χ1v) is 19.6. The van der Waals surface area contributed by atoms with Gasteiger partial charge in [0.25, 0.3) is 0 Å². The molecule has 5 nitrogen and oxygen atoms in total. The molecule has 6 saturated carbocycles. The summed E-state index contributed by atoms with van der Waals surface area (Å²) in [6.07, 6.45) is 18.0. The number of carboxylic acid groups (broad SMARTS) is 1. The van der Waals surface area contributed by atoms with Crippen LogP contribution in [0.5, 0.6) is 0 Å². The molecular formula is C42H69NO4. The number of hydrogen-bond acceptors (Lipinski definition) is 4. The fraction of sp³-hybridized carbons (Fsp3) is 0.905. The first kappa shape index (κ1) is 35.5. The van der Waals surface area contributed by atoms with Crippen LogP contribution < -0.4 is 0 Å². The Morgan fingerprint density at radius 3 is 2.21 bits per heavy atom. The summed E-state index contributed by atoms with van der Waals surface area (Å²) >= 11 is 0. The fourth-order valence-electron chi connectivity index (χ4n) is 13.9. The number of aliphatic carboxylic acids is 1. The third-order valence-corrected chi connectivity index (χ3v) is 17.0. The van der Waals surface area contributed by atoms with Crippen molar-refractivity contribution in [2.45, 2.75) is 164 Å². The maximum absolute atomic E-state index is 13.1. The highest BCUT2D eigenvalue weighted by molar-refractivity contribution is 5.81. The highest BCUT2D eigenvalue weighted by atomic mass is 16.5. The second-order valence-corrected chi connectivity index (χ2v) is 20.1. The molecule has 1 N–H and O–H groups in total. The lowest BCUT2D eigenvalue weighted by molar-refractivity contribution is -0.250. The molecule has 6 aliphatic rings. The number of carboxylic acids is 1. The molecule has 0 aromatic rings. The molecule has 6 fully saturated rings. The number of carbonyl (C=O) groups excluding carboxylic acids is 1. The van der Waals surface area contributed by atoms with Crippen LogP contribution in [-0.4, -0.2) is 47.7 Å². The second kappa shape index (κ2) is 11.9. The van der Waals surface area contributed by atoms with E-state index >= 15 is 0 Å². The summed E-state index contributed by atoms with van der Waals surface area (Å²) in [4.78, 5) is 27.4. The van der Waals surface area contributed by atoms with Crippen molar-refractivity contribution in [2.75, 3.05) is 13.6 Å². The fourth-order valence-corrected chi connectivity index (χ4v) is 13.9. The Kier molecular flexibility index (Phi) is 8.95. The van der Waals surface area contributed by atoms with E-state index in [9.17, 15) is 14.7 Å². The number of fused-ring (bicyclic) bond motifs is 7. The van der Waals surface area contributed by atoms with Gasteiger partial charge in [-0.25, -0.2) is 0 Å². The van der Waals surface area contributed by atoms with Crippen molar-refractivity contribution >= 4 is 11.9 Å². The molecule has 0 amide bonds. The number of carbonyl (C=O) groups is 2. The van der Waals surface area contributed by atoms with Gasteiger partial charge in [-0.05, 0) is 176 Å². The van der Waals surface area contributed by atoms with Crippen LogP contribution in [0.3, 0.4) is 0 Å². The Labute approximate surface area is 287 Å². The lowest BCUT2D eigenvalue weighted by Gasteiger charge is -2.73. The molecule has 0 saturated heterocycles. The van der Waals surface area contributed by atoms with E-state index in [2.05, 4.69) is 60.1 Å². The molecule has 0 bridgehead atoms. The number of esters is 1. The zero-order valence-corrected chi connectivity index (χ0v) is 31.7. The van der Waals surface area contributed by atoms with Gasteiger partial charge < -0.3 is 14.7 Å². The van der Waals surface area contributed by atoms with E-state index in [0.717, 1.165) is 30.7 Å². The van der Waals surface area contributed by atoms with Crippen molar-refractivity contribution in [2.24, 2.45) is 62.1 Å². The third-order valence-electron chi connectivity index (χ3n) is 17.0. The molecule has 6 rings (SSSR count). The maximum atomic E-state index is 13.1. The summed E-state index contributed by atoms with van der Waals surface area (Å²) in [7, 11) is 2.36. The van der Waals surface area contributed by atoms with Gasteiger partial charge in [0.2, 0.25) is 0 Å². The summed E-state index contributed by atoms with van der Waals surface area (Å²) in [6, 6.07) is 0.854. The number of nitrogens with zero attached hydrogens (tertiary/aromatic N) is 1. The molecule has 5 heteroatoms. The van der Waals surface area contributed by atoms with Crippen molar-refractivity contribution in [1.82, 2.24) is 4.90 Å². The summed E-state index contributed by atoms with van der Waals surface area (Å²) < 4.78 is 6.20. The van der Waals surface area contributed by atoms with Crippen LogP contribution in [0.2, 0.25) is 0 Å². The van der Waals surface area contributed by atoms with Gasteiger partial charge >= 0.3 is 11.9 Å². The second-order valence-electron chi connectivity index (χ2n) is 20.1. The van der Waals surface area contributed by atoms with E-state index in [0.29, 0.717) is 34.0 Å². The van der Waals surface area contributed by atoms with E-state index < -0.39 is 11.4 Å². The van der Waals surface area contributed by atoms with Crippen LogP contribution >= 0.6 is 0 Å². The highest BCUT2D eigenvalue weighted by Gasteiger charge is 2.71.